The molecule has 0 bridgehead atoms. The predicted octanol–water partition coefficient (Wildman–Crippen LogP) is 1.39. The third-order valence-corrected chi connectivity index (χ3v) is 4.80. The van der Waals surface area contributed by atoms with E-state index in [1.165, 1.54) is 6.92 Å². The van der Waals surface area contributed by atoms with E-state index < -0.39 is 9.84 Å². The van der Waals surface area contributed by atoms with Crippen molar-refractivity contribution < 1.29 is 13.2 Å². The zero-order valence-electron chi connectivity index (χ0n) is 9.93. The van der Waals surface area contributed by atoms with Gasteiger partial charge in [0.05, 0.1) is 10.6 Å². The van der Waals surface area contributed by atoms with Crippen molar-refractivity contribution in [3.05, 3.63) is 23.8 Å². The summed E-state index contributed by atoms with van der Waals surface area (Å²) in [5.41, 5.74) is 1.78. The molecule has 1 heterocycles. The minimum atomic E-state index is -3.16. The number of nitrogens with zero attached hydrogens (tertiary/aromatic N) is 1. The van der Waals surface area contributed by atoms with Gasteiger partial charge in [-0.05, 0) is 30.2 Å². The van der Waals surface area contributed by atoms with E-state index in [1.807, 2.05) is 0 Å². The second-order valence-electron chi connectivity index (χ2n) is 4.11. The van der Waals surface area contributed by atoms with Gasteiger partial charge in [-0.2, -0.15) is 0 Å². The molecule has 1 aromatic rings. The van der Waals surface area contributed by atoms with E-state index in [-0.39, 0.29) is 11.7 Å². The van der Waals surface area contributed by atoms with Gasteiger partial charge in [0.15, 0.2) is 9.84 Å². The van der Waals surface area contributed by atoms with Crippen molar-refractivity contribution in [3.8, 4) is 0 Å². The highest BCUT2D eigenvalue weighted by Crippen LogP contribution is 2.30. The van der Waals surface area contributed by atoms with Gasteiger partial charge in [0, 0.05) is 19.2 Å². The van der Waals surface area contributed by atoms with E-state index in [4.69, 9.17) is 0 Å². The molecular weight excluding hydrogens is 238 g/mol. The minimum Gasteiger partial charge on any atom is -0.312 e. The minimum absolute atomic E-state index is 0.00477. The monoisotopic (exact) mass is 253 g/mol. The zero-order chi connectivity index (χ0) is 12.6. The maximum atomic E-state index is 11.7. The Morgan fingerprint density at radius 1 is 1.41 bits per heavy atom. The predicted molar refractivity (Wildman–Crippen MR) is 65.9 cm³/mol. The Hall–Kier alpha value is -1.36. The van der Waals surface area contributed by atoms with Gasteiger partial charge >= 0.3 is 0 Å². The largest absolute Gasteiger partial charge is 0.312 e. The summed E-state index contributed by atoms with van der Waals surface area (Å²) in [6, 6.07) is 5.00. The van der Waals surface area contributed by atoms with Crippen LogP contribution in [0.2, 0.25) is 0 Å². The van der Waals surface area contributed by atoms with E-state index >= 15 is 0 Å². The topological polar surface area (TPSA) is 54.5 Å². The Morgan fingerprint density at radius 2 is 2.12 bits per heavy atom. The first kappa shape index (κ1) is 12.1. The summed E-state index contributed by atoms with van der Waals surface area (Å²) in [5.74, 6) is 0.0946. The number of anilines is 1. The molecule has 17 heavy (non-hydrogen) atoms. The van der Waals surface area contributed by atoms with Crippen LogP contribution in [0.3, 0.4) is 0 Å². The van der Waals surface area contributed by atoms with Crippen LogP contribution in [-0.4, -0.2) is 26.6 Å². The number of fused-ring (bicyclic) bond motifs is 1. The molecule has 0 aliphatic carbocycles. The number of rotatable bonds is 2. The summed E-state index contributed by atoms with van der Waals surface area (Å²) in [6.07, 6.45) is 0.724. The number of sulfone groups is 1. The first-order valence-corrected chi connectivity index (χ1v) is 7.24. The Morgan fingerprint density at radius 3 is 2.71 bits per heavy atom. The van der Waals surface area contributed by atoms with Crippen LogP contribution in [0, 0.1) is 0 Å². The quantitative estimate of drug-likeness (QED) is 0.800. The fourth-order valence-corrected chi connectivity index (χ4v) is 3.00. The molecule has 1 amide bonds. The van der Waals surface area contributed by atoms with Crippen LogP contribution in [0.15, 0.2) is 23.1 Å². The molecule has 0 fully saturated rings. The summed E-state index contributed by atoms with van der Waals surface area (Å²) in [6.45, 7) is 3.79. The van der Waals surface area contributed by atoms with Crippen LogP contribution < -0.4 is 4.90 Å². The van der Waals surface area contributed by atoms with Crippen molar-refractivity contribution in [2.24, 2.45) is 0 Å². The van der Waals surface area contributed by atoms with E-state index in [0.717, 1.165) is 17.7 Å². The van der Waals surface area contributed by atoms with Gasteiger partial charge in [0.1, 0.15) is 0 Å². The standard InChI is InChI=1S/C12H15NO3S/c1-3-17(15,16)11-4-5-12-10(8-11)6-7-13(12)9(2)14/h4-5,8H,3,6-7H2,1-2H3. The van der Waals surface area contributed by atoms with Crippen LogP contribution in [0.5, 0.6) is 0 Å². The highest BCUT2D eigenvalue weighted by atomic mass is 32.2. The van der Waals surface area contributed by atoms with Gasteiger partial charge in [-0.1, -0.05) is 6.92 Å². The lowest BCUT2D eigenvalue weighted by Crippen LogP contribution is -2.25. The first-order chi connectivity index (χ1) is 7.95. The molecule has 92 valence electrons. The fraction of sp³-hybridized carbons (Fsp3) is 0.417. The summed E-state index contributed by atoms with van der Waals surface area (Å²) < 4.78 is 23.5. The summed E-state index contributed by atoms with van der Waals surface area (Å²) in [7, 11) is -3.16. The van der Waals surface area contributed by atoms with Crippen LogP contribution >= 0.6 is 0 Å². The lowest BCUT2D eigenvalue weighted by Gasteiger charge is -2.14. The molecule has 0 atom stereocenters. The van der Waals surface area contributed by atoms with Crippen molar-refractivity contribution in [1.29, 1.82) is 0 Å². The van der Waals surface area contributed by atoms with Crippen molar-refractivity contribution in [2.75, 3.05) is 17.2 Å². The molecule has 1 aliphatic rings. The second-order valence-corrected chi connectivity index (χ2v) is 6.39. The second kappa shape index (κ2) is 4.14. The van der Waals surface area contributed by atoms with Crippen LogP contribution in [0.25, 0.3) is 0 Å². The highest BCUT2D eigenvalue weighted by Gasteiger charge is 2.24. The van der Waals surface area contributed by atoms with Crippen LogP contribution in [0.1, 0.15) is 19.4 Å². The van der Waals surface area contributed by atoms with Gasteiger partial charge in [0.25, 0.3) is 0 Å². The molecule has 0 N–H and O–H groups in total. The van der Waals surface area contributed by atoms with Crippen LogP contribution in [-0.2, 0) is 21.1 Å². The highest BCUT2D eigenvalue weighted by molar-refractivity contribution is 7.91. The van der Waals surface area contributed by atoms with Crippen molar-refractivity contribution >= 4 is 21.4 Å². The van der Waals surface area contributed by atoms with Crippen molar-refractivity contribution in [2.45, 2.75) is 25.2 Å². The van der Waals surface area contributed by atoms with Gasteiger partial charge < -0.3 is 4.90 Å². The number of carbonyl (C=O) groups is 1. The molecule has 0 saturated heterocycles. The molecular formula is C12H15NO3S. The molecule has 5 heteroatoms. The first-order valence-electron chi connectivity index (χ1n) is 5.59. The molecule has 0 radical (unpaired) electrons. The van der Waals surface area contributed by atoms with E-state index in [2.05, 4.69) is 0 Å². The van der Waals surface area contributed by atoms with E-state index in [9.17, 15) is 13.2 Å². The smallest absolute Gasteiger partial charge is 0.223 e. The molecule has 2 rings (SSSR count). The number of benzene rings is 1. The molecule has 1 aromatic carbocycles. The van der Waals surface area contributed by atoms with Crippen molar-refractivity contribution in [1.82, 2.24) is 0 Å². The molecule has 0 unspecified atom stereocenters. The Labute approximate surface area is 101 Å². The third-order valence-electron chi connectivity index (χ3n) is 3.07. The van der Waals surface area contributed by atoms with Gasteiger partial charge in [-0.15, -0.1) is 0 Å². The normalized spacial score (nSPS) is 14.8. The number of hydrogen-bond acceptors (Lipinski definition) is 3. The van der Waals surface area contributed by atoms with Gasteiger partial charge in [-0.25, -0.2) is 8.42 Å². The lowest BCUT2D eigenvalue weighted by molar-refractivity contribution is -0.116. The number of amides is 1. The lowest BCUT2D eigenvalue weighted by atomic mass is 10.2. The Kier molecular flexibility index (Phi) is 2.95. The van der Waals surface area contributed by atoms with Crippen LogP contribution in [0.4, 0.5) is 5.69 Å². The maximum absolute atomic E-state index is 11.7. The van der Waals surface area contributed by atoms with E-state index in [0.29, 0.717) is 11.4 Å². The Bertz CT molecular complexity index is 563. The molecule has 0 spiro atoms. The SMILES string of the molecule is CCS(=O)(=O)c1ccc2c(c1)CCN2C(C)=O. The average Bonchev–Trinajstić information content (AvgIpc) is 2.71. The summed E-state index contributed by atoms with van der Waals surface area (Å²) >= 11 is 0. The van der Waals surface area contributed by atoms with Gasteiger partial charge in [0.2, 0.25) is 5.91 Å². The number of carbonyl (C=O) groups excluding carboxylic acids is 1. The molecule has 4 nitrogen and oxygen atoms in total. The third kappa shape index (κ3) is 2.07. The fourth-order valence-electron chi connectivity index (χ4n) is 2.07. The van der Waals surface area contributed by atoms with Gasteiger partial charge in [-0.3, -0.25) is 4.79 Å². The maximum Gasteiger partial charge on any atom is 0.223 e. The summed E-state index contributed by atoms with van der Waals surface area (Å²) in [5, 5.41) is 0. The summed E-state index contributed by atoms with van der Waals surface area (Å²) in [4.78, 5) is 13.4. The zero-order valence-corrected chi connectivity index (χ0v) is 10.8. The van der Waals surface area contributed by atoms with E-state index in [1.54, 1.807) is 30.0 Å². The molecule has 1 aliphatic heterocycles. The average molecular weight is 253 g/mol. The van der Waals surface area contributed by atoms with Crippen molar-refractivity contribution in [3.63, 3.8) is 0 Å². The number of hydrogen-bond donors (Lipinski definition) is 0. The molecule has 0 saturated carbocycles. The molecule has 0 aromatic heterocycles. The Balaban J connectivity index is 2.45.